The van der Waals surface area contributed by atoms with Crippen LogP contribution in [0, 0.1) is 6.92 Å². The molecule has 6 nitrogen and oxygen atoms in total. The van der Waals surface area contributed by atoms with Gasteiger partial charge in [0.25, 0.3) is 10.0 Å². The normalized spacial score (nSPS) is 11.5. The van der Waals surface area contributed by atoms with Gasteiger partial charge in [-0.25, -0.2) is 0 Å². The molecule has 0 spiro atoms. The zero-order valence-electron chi connectivity index (χ0n) is 10.0. The van der Waals surface area contributed by atoms with Crippen LogP contribution < -0.4 is 4.72 Å². The summed E-state index contributed by atoms with van der Waals surface area (Å²) in [5.74, 6) is 0. The van der Waals surface area contributed by atoms with Crippen molar-refractivity contribution in [3.8, 4) is 0 Å². The van der Waals surface area contributed by atoms with Gasteiger partial charge in [-0.05, 0) is 24.6 Å². The van der Waals surface area contributed by atoms with Crippen LogP contribution >= 0.6 is 11.6 Å². The predicted octanol–water partition coefficient (Wildman–Crippen LogP) is 1.66. The highest BCUT2D eigenvalue weighted by molar-refractivity contribution is 7.92. The molecular formula is C11H12ClN3O3S. The third kappa shape index (κ3) is 2.89. The summed E-state index contributed by atoms with van der Waals surface area (Å²) in [6.45, 7) is 1.34. The van der Waals surface area contributed by atoms with E-state index in [0.29, 0.717) is 10.7 Å². The van der Waals surface area contributed by atoms with Crippen LogP contribution in [0.2, 0.25) is 5.02 Å². The van der Waals surface area contributed by atoms with Gasteiger partial charge in [0, 0.05) is 10.6 Å². The standard InChI is InChI=1S/C11H12ClN3O3S/c1-7-2-3-9(12)4-10(7)15-19(17,18)11-8(6-16)5-13-14-11/h2-5,15-16H,6H2,1H3,(H,13,14). The summed E-state index contributed by atoms with van der Waals surface area (Å²) < 4.78 is 26.7. The molecule has 0 unspecified atom stereocenters. The number of anilines is 1. The van der Waals surface area contributed by atoms with Gasteiger partial charge in [-0.2, -0.15) is 13.5 Å². The van der Waals surface area contributed by atoms with Crippen molar-refractivity contribution < 1.29 is 13.5 Å². The van der Waals surface area contributed by atoms with Gasteiger partial charge in [0.15, 0.2) is 5.03 Å². The highest BCUT2D eigenvalue weighted by Gasteiger charge is 2.21. The van der Waals surface area contributed by atoms with E-state index in [1.807, 2.05) is 0 Å². The van der Waals surface area contributed by atoms with Crippen LogP contribution in [0.4, 0.5) is 5.69 Å². The van der Waals surface area contributed by atoms with Crippen molar-refractivity contribution in [2.75, 3.05) is 4.72 Å². The Morgan fingerprint density at radius 3 is 2.89 bits per heavy atom. The Kier molecular flexibility index (Phi) is 3.79. The highest BCUT2D eigenvalue weighted by atomic mass is 35.5. The van der Waals surface area contributed by atoms with Gasteiger partial charge >= 0.3 is 0 Å². The van der Waals surface area contributed by atoms with Gasteiger partial charge in [0.05, 0.1) is 18.5 Å². The number of aryl methyl sites for hydroxylation is 1. The highest BCUT2D eigenvalue weighted by Crippen LogP contribution is 2.23. The smallest absolute Gasteiger partial charge is 0.279 e. The van der Waals surface area contributed by atoms with E-state index in [9.17, 15) is 8.42 Å². The van der Waals surface area contributed by atoms with Gasteiger partial charge in [0.2, 0.25) is 0 Å². The molecule has 3 N–H and O–H groups in total. The number of aliphatic hydroxyl groups excluding tert-OH is 1. The maximum Gasteiger partial charge on any atom is 0.279 e. The molecule has 0 saturated carbocycles. The van der Waals surface area contributed by atoms with Crippen LogP contribution in [-0.2, 0) is 16.6 Å². The lowest BCUT2D eigenvalue weighted by Crippen LogP contribution is -2.16. The molecule has 1 aromatic heterocycles. The van der Waals surface area contributed by atoms with Crippen LogP contribution in [0.5, 0.6) is 0 Å². The van der Waals surface area contributed by atoms with Crippen LogP contribution in [-0.4, -0.2) is 23.7 Å². The van der Waals surface area contributed by atoms with Crippen molar-refractivity contribution in [2.24, 2.45) is 0 Å². The average molecular weight is 302 g/mol. The fourth-order valence-electron chi connectivity index (χ4n) is 1.54. The maximum absolute atomic E-state index is 12.2. The number of rotatable bonds is 4. The average Bonchev–Trinajstić information content (AvgIpc) is 2.82. The molecule has 102 valence electrons. The minimum atomic E-state index is -3.84. The fraction of sp³-hybridized carbons (Fsp3) is 0.182. The second-order valence-electron chi connectivity index (χ2n) is 3.95. The van der Waals surface area contributed by atoms with Crippen molar-refractivity contribution in [3.05, 3.63) is 40.5 Å². The first-order valence-electron chi connectivity index (χ1n) is 5.36. The number of aromatic amines is 1. The van der Waals surface area contributed by atoms with Crippen LogP contribution in [0.1, 0.15) is 11.1 Å². The molecule has 1 heterocycles. The van der Waals surface area contributed by atoms with E-state index in [-0.39, 0.29) is 10.6 Å². The number of hydrogen-bond acceptors (Lipinski definition) is 4. The van der Waals surface area contributed by atoms with Gasteiger partial charge in [-0.3, -0.25) is 9.82 Å². The van der Waals surface area contributed by atoms with E-state index in [1.165, 1.54) is 12.3 Å². The second-order valence-corrected chi connectivity index (χ2v) is 6.00. The molecule has 0 atom stereocenters. The van der Waals surface area contributed by atoms with Crippen LogP contribution in [0.3, 0.4) is 0 Å². The molecule has 0 aliphatic rings. The number of nitrogens with one attached hydrogen (secondary N) is 2. The first-order valence-corrected chi connectivity index (χ1v) is 7.22. The van der Waals surface area contributed by atoms with E-state index in [2.05, 4.69) is 14.9 Å². The number of benzene rings is 1. The first-order chi connectivity index (χ1) is 8.94. The molecule has 0 radical (unpaired) electrons. The number of hydrogen-bond donors (Lipinski definition) is 3. The summed E-state index contributed by atoms with van der Waals surface area (Å²) in [5.41, 5.74) is 1.32. The Balaban J connectivity index is 2.39. The number of aliphatic hydroxyl groups is 1. The summed E-state index contributed by atoms with van der Waals surface area (Å²) in [6.07, 6.45) is 1.26. The van der Waals surface area contributed by atoms with Gasteiger partial charge in [-0.15, -0.1) is 0 Å². The summed E-state index contributed by atoms with van der Waals surface area (Å²) in [6, 6.07) is 4.90. The van der Waals surface area contributed by atoms with Crippen LogP contribution in [0.25, 0.3) is 0 Å². The fourth-order valence-corrected chi connectivity index (χ4v) is 2.96. The molecule has 0 saturated heterocycles. The van der Waals surface area contributed by atoms with E-state index >= 15 is 0 Å². The van der Waals surface area contributed by atoms with E-state index in [0.717, 1.165) is 5.56 Å². The second kappa shape index (κ2) is 5.20. The summed E-state index contributed by atoms with van der Waals surface area (Å²) in [4.78, 5) is 0. The van der Waals surface area contributed by atoms with Crippen molar-refractivity contribution >= 4 is 27.3 Å². The lowest BCUT2D eigenvalue weighted by atomic mass is 10.2. The summed E-state index contributed by atoms with van der Waals surface area (Å²) in [7, 11) is -3.84. The zero-order valence-corrected chi connectivity index (χ0v) is 11.6. The molecule has 2 aromatic rings. The Hall–Kier alpha value is -1.57. The largest absolute Gasteiger partial charge is 0.392 e. The molecule has 0 bridgehead atoms. The Morgan fingerprint density at radius 2 is 2.21 bits per heavy atom. The Bertz CT molecular complexity index is 697. The third-order valence-electron chi connectivity index (χ3n) is 2.56. The number of halogens is 1. The third-order valence-corrected chi connectivity index (χ3v) is 4.18. The minimum absolute atomic E-state index is 0.158. The molecule has 0 amide bonds. The van der Waals surface area contributed by atoms with Gasteiger partial charge < -0.3 is 5.11 Å². The van der Waals surface area contributed by atoms with Crippen molar-refractivity contribution in [3.63, 3.8) is 0 Å². The molecule has 0 fully saturated rings. The molecule has 1 aromatic carbocycles. The molecule has 2 rings (SSSR count). The van der Waals surface area contributed by atoms with E-state index < -0.39 is 16.6 Å². The predicted molar refractivity (Wildman–Crippen MR) is 71.5 cm³/mol. The van der Waals surface area contributed by atoms with Crippen molar-refractivity contribution in [1.82, 2.24) is 10.2 Å². The first kappa shape index (κ1) is 13.9. The maximum atomic E-state index is 12.2. The molecule has 0 aliphatic heterocycles. The molecular weight excluding hydrogens is 290 g/mol. The number of nitrogens with zero attached hydrogens (tertiary/aromatic N) is 1. The van der Waals surface area contributed by atoms with E-state index in [4.69, 9.17) is 16.7 Å². The molecule has 19 heavy (non-hydrogen) atoms. The number of H-pyrrole nitrogens is 1. The monoisotopic (exact) mass is 301 g/mol. The summed E-state index contributed by atoms with van der Waals surface area (Å²) >= 11 is 5.83. The lowest BCUT2D eigenvalue weighted by Gasteiger charge is -2.10. The van der Waals surface area contributed by atoms with Crippen molar-refractivity contribution in [1.29, 1.82) is 0 Å². The zero-order chi connectivity index (χ0) is 14.0. The quantitative estimate of drug-likeness (QED) is 0.800. The van der Waals surface area contributed by atoms with Gasteiger partial charge in [0.1, 0.15) is 0 Å². The van der Waals surface area contributed by atoms with Gasteiger partial charge in [-0.1, -0.05) is 17.7 Å². The topological polar surface area (TPSA) is 95.1 Å². The Labute approximate surface area is 115 Å². The Morgan fingerprint density at radius 1 is 1.47 bits per heavy atom. The number of aromatic nitrogens is 2. The lowest BCUT2D eigenvalue weighted by molar-refractivity contribution is 0.278. The van der Waals surface area contributed by atoms with Crippen molar-refractivity contribution in [2.45, 2.75) is 18.6 Å². The minimum Gasteiger partial charge on any atom is -0.392 e. The summed E-state index contributed by atoms with van der Waals surface area (Å²) in [5, 5.41) is 15.3. The molecule has 0 aliphatic carbocycles. The van der Waals surface area contributed by atoms with E-state index in [1.54, 1.807) is 19.1 Å². The SMILES string of the molecule is Cc1ccc(Cl)cc1NS(=O)(=O)c1[nH]ncc1CO. The number of sulfonamides is 1. The molecule has 8 heteroatoms. The van der Waals surface area contributed by atoms with Crippen LogP contribution in [0.15, 0.2) is 29.4 Å².